The van der Waals surface area contributed by atoms with Crippen LogP contribution in [0.1, 0.15) is 11.8 Å². The lowest BCUT2D eigenvalue weighted by Gasteiger charge is -2.11. The SMILES string of the molecule is N#CC(O)C(O)c1ccc2ccccc2n1. The molecule has 1 aromatic heterocycles. The van der Waals surface area contributed by atoms with Gasteiger partial charge in [0.25, 0.3) is 0 Å². The highest BCUT2D eigenvalue weighted by molar-refractivity contribution is 5.78. The number of aliphatic hydroxyl groups excluding tert-OH is 2. The lowest BCUT2D eigenvalue weighted by Crippen LogP contribution is -2.16. The highest BCUT2D eigenvalue weighted by atomic mass is 16.3. The summed E-state index contributed by atoms with van der Waals surface area (Å²) in [6, 6.07) is 12.4. The second-order valence-electron chi connectivity index (χ2n) is 3.45. The Morgan fingerprint density at radius 1 is 1.12 bits per heavy atom. The van der Waals surface area contributed by atoms with Gasteiger partial charge in [-0.15, -0.1) is 0 Å². The minimum absolute atomic E-state index is 0.299. The first kappa shape index (κ1) is 10.6. The summed E-state index contributed by atoms with van der Waals surface area (Å²) in [5.74, 6) is 0. The summed E-state index contributed by atoms with van der Waals surface area (Å²) in [7, 11) is 0. The van der Waals surface area contributed by atoms with Crippen LogP contribution in [0, 0.1) is 11.3 Å². The number of aromatic nitrogens is 1. The van der Waals surface area contributed by atoms with Gasteiger partial charge in [-0.2, -0.15) is 5.26 Å². The Bertz CT molecular complexity index is 548. The molecule has 0 fully saturated rings. The van der Waals surface area contributed by atoms with E-state index >= 15 is 0 Å². The molecule has 0 saturated heterocycles. The summed E-state index contributed by atoms with van der Waals surface area (Å²) in [6.07, 6.45) is -2.72. The second-order valence-corrected chi connectivity index (χ2v) is 3.45. The number of fused-ring (bicyclic) bond motifs is 1. The molecular formula is C12H10N2O2. The maximum Gasteiger partial charge on any atom is 0.171 e. The van der Waals surface area contributed by atoms with Crippen molar-refractivity contribution in [1.82, 2.24) is 4.98 Å². The molecule has 2 unspecified atom stereocenters. The third-order valence-electron chi connectivity index (χ3n) is 2.35. The molecule has 0 aliphatic rings. The highest BCUT2D eigenvalue weighted by Gasteiger charge is 2.18. The number of hydrogen-bond donors (Lipinski definition) is 2. The molecule has 2 rings (SSSR count). The molecule has 1 heterocycles. The van der Waals surface area contributed by atoms with Crippen molar-refractivity contribution < 1.29 is 10.2 Å². The van der Waals surface area contributed by atoms with Crippen LogP contribution in [-0.4, -0.2) is 21.3 Å². The van der Waals surface area contributed by atoms with Gasteiger partial charge in [0.1, 0.15) is 6.10 Å². The van der Waals surface area contributed by atoms with Crippen LogP contribution in [0.25, 0.3) is 10.9 Å². The zero-order valence-corrected chi connectivity index (χ0v) is 8.41. The second kappa shape index (κ2) is 4.27. The molecule has 0 bridgehead atoms. The van der Waals surface area contributed by atoms with Crippen LogP contribution in [-0.2, 0) is 0 Å². The maximum absolute atomic E-state index is 9.61. The quantitative estimate of drug-likeness (QED) is 0.735. The van der Waals surface area contributed by atoms with Crippen LogP contribution in [0.2, 0.25) is 0 Å². The molecule has 2 atom stereocenters. The Kier molecular flexibility index (Phi) is 2.82. The Balaban J connectivity index is 2.44. The van der Waals surface area contributed by atoms with E-state index in [0.717, 1.165) is 10.9 Å². The van der Waals surface area contributed by atoms with Gasteiger partial charge in [-0.05, 0) is 12.1 Å². The zero-order chi connectivity index (χ0) is 11.5. The smallest absolute Gasteiger partial charge is 0.171 e. The minimum atomic E-state index is -1.45. The fourth-order valence-electron chi connectivity index (χ4n) is 1.48. The first-order chi connectivity index (χ1) is 7.72. The van der Waals surface area contributed by atoms with E-state index in [-0.39, 0.29) is 0 Å². The van der Waals surface area contributed by atoms with Gasteiger partial charge in [-0.3, -0.25) is 0 Å². The lowest BCUT2D eigenvalue weighted by atomic mass is 10.1. The predicted molar refractivity (Wildman–Crippen MR) is 58.3 cm³/mol. The molecule has 4 heteroatoms. The Morgan fingerprint density at radius 2 is 1.88 bits per heavy atom. The maximum atomic E-state index is 9.61. The van der Waals surface area contributed by atoms with Crippen LogP contribution in [0.4, 0.5) is 0 Å². The van der Waals surface area contributed by atoms with Gasteiger partial charge in [0.2, 0.25) is 0 Å². The van der Waals surface area contributed by atoms with E-state index in [1.807, 2.05) is 24.3 Å². The zero-order valence-electron chi connectivity index (χ0n) is 8.41. The number of rotatable bonds is 2. The molecule has 80 valence electrons. The number of nitriles is 1. The van der Waals surface area contributed by atoms with E-state index < -0.39 is 12.2 Å². The van der Waals surface area contributed by atoms with Crippen LogP contribution in [0.3, 0.4) is 0 Å². The van der Waals surface area contributed by atoms with Gasteiger partial charge in [0, 0.05) is 5.39 Å². The van der Waals surface area contributed by atoms with E-state index in [0.29, 0.717) is 5.69 Å². The summed E-state index contributed by atoms with van der Waals surface area (Å²) >= 11 is 0. The highest BCUT2D eigenvalue weighted by Crippen LogP contribution is 2.18. The fourth-order valence-corrected chi connectivity index (χ4v) is 1.48. The summed E-state index contributed by atoms with van der Waals surface area (Å²) in [6.45, 7) is 0. The average molecular weight is 214 g/mol. The van der Waals surface area contributed by atoms with Gasteiger partial charge in [-0.1, -0.05) is 24.3 Å². The number of benzene rings is 1. The molecule has 0 aliphatic carbocycles. The molecule has 0 amide bonds. The van der Waals surface area contributed by atoms with Crippen LogP contribution in [0.15, 0.2) is 36.4 Å². The Morgan fingerprint density at radius 3 is 2.62 bits per heavy atom. The van der Waals surface area contributed by atoms with Gasteiger partial charge < -0.3 is 10.2 Å². The van der Waals surface area contributed by atoms with Crippen molar-refractivity contribution in [2.45, 2.75) is 12.2 Å². The summed E-state index contributed by atoms with van der Waals surface area (Å²) in [5.41, 5.74) is 1.02. The number of nitrogens with zero attached hydrogens (tertiary/aromatic N) is 2. The van der Waals surface area contributed by atoms with E-state index in [4.69, 9.17) is 5.26 Å². The van der Waals surface area contributed by atoms with E-state index in [9.17, 15) is 10.2 Å². The topological polar surface area (TPSA) is 77.1 Å². The first-order valence-corrected chi connectivity index (χ1v) is 4.84. The molecule has 2 N–H and O–H groups in total. The largest absolute Gasteiger partial charge is 0.383 e. The van der Waals surface area contributed by atoms with Crippen molar-refractivity contribution in [3.63, 3.8) is 0 Å². The standard InChI is InChI=1S/C12H10N2O2/c13-7-11(15)12(16)10-6-5-8-3-1-2-4-9(8)14-10/h1-6,11-12,15-16H. The molecule has 0 radical (unpaired) electrons. The van der Waals surface area contributed by atoms with Gasteiger partial charge in [0.05, 0.1) is 17.3 Å². The molecule has 0 aliphatic heterocycles. The summed E-state index contributed by atoms with van der Waals surface area (Å²) in [4.78, 5) is 4.18. The van der Waals surface area contributed by atoms with E-state index in [1.165, 1.54) is 0 Å². The van der Waals surface area contributed by atoms with Crippen molar-refractivity contribution in [3.05, 3.63) is 42.1 Å². The van der Waals surface area contributed by atoms with Gasteiger partial charge in [0.15, 0.2) is 6.10 Å². The summed E-state index contributed by atoms with van der Waals surface area (Å²) < 4.78 is 0. The third-order valence-corrected chi connectivity index (χ3v) is 2.35. The fraction of sp³-hybridized carbons (Fsp3) is 0.167. The molecule has 2 aromatic rings. The van der Waals surface area contributed by atoms with Crippen molar-refractivity contribution in [2.24, 2.45) is 0 Å². The van der Waals surface area contributed by atoms with Crippen LogP contribution < -0.4 is 0 Å². The average Bonchev–Trinajstić information content (AvgIpc) is 2.36. The van der Waals surface area contributed by atoms with Crippen molar-refractivity contribution in [2.75, 3.05) is 0 Å². The normalized spacial score (nSPS) is 14.3. The Labute approximate surface area is 92.4 Å². The molecule has 0 spiro atoms. The molecular weight excluding hydrogens is 204 g/mol. The number of para-hydroxylation sites is 1. The number of hydrogen-bond acceptors (Lipinski definition) is 4. The van der Waals surface area contributed by atoms with E-state index in [1.54, 1.807) is 18.2 Å². The predicted octanol–water partition coefficient (Wildman–Crippen LogP) is 1.15. The number of pyridine rings is 1. The monoisotopic (exact) mass is 214 g/mol. The summed E-state index contributed by atoms with van der Waals surface area (Å²) in [5, 5.41) is 28.3. The van der Waals surface area contributed by atoms with Crippen LogP contribution >= 0.6 is 0 Å². The third kappa shape index (κ3) is 1.87. The van der Waals surface area contributed by atoms with Gasteiger partial charge >= 0.3 is 0 Å². The van der Waals surface area contributed by atoms with Crippen molar-refractivity contribution >= 4 is 10.9 Å². The van der Waals surface area contributed by atoms with Crippen molar-refractivity contribution in [1.29, 1.82) is 5.26 Å². The number of aliphatic hydroxyl groups is 2. The first-order valence-electron chi connectivity index (χ1n) is 4.84. The van der Waals surface area contributed by atoms with E-state index in [2.05, 4.69) is 4.98 Å². The molecule has 16 heavy (non-hydrogen) atoms. The Hall–Kier alpha value is -1.96. The molecule has 0 saturated carbocycles. The van der Waals surface area contributed by atoms with Crippen LogP contribution in [0.5, 0.6) is 0 Å². The molecule has 1 aromatic carbocycles. The van der Waals surface area contributed by atoms with Gasteiger partial charge in [-0.25, -0.2) is 4.98 Å². The lowest BCUT2D eigenvalue weighted by molar-refractivity contribution is 0.0501. The minimum Gasteiger partial charge on any atom is -0.383 e. The van der Waals surface area contributed by atoms with Crippen molar-refractivity contribution in [3.8, 4) is 6.07 Å². The molecule has 4 nitrogen and oxygen atoms in total.